The van der Waals surface area contributed by atoms with E-state index in [2.05, 4.69) is 25.9 Å². The highest BCUT2D eigenvalue weighted by molar-refractivity contribution is 7.98. The van der Waals surface area contributed by atoms with Crippen molar-refractivity contribution in [3.05, 3.63) is 18.2 Å². The van der Waals surface area contributed by atoms with Crippen molar-refractivity contribution in [1.82, 2.24) is 25.9 Å². The smallest absolute Gasteiger partial charge is 0.326 e. The lowest BCUT2D eigenvalue weighted by Gasteiger charge is -2.26. The van der Waals surface area contributed by atoms with Gasteiger partial charge < -0.3 is 37.5 Å². The number of hydrogen-bond donors (Lipinski definition) is 7. The molecule has 0 aliphatic rings. The SMILES string of the molecule is CCC(C)C(NC(=O)C(CCSC)NC(=O)C(Cc1cnc[nH]1)NC(=O)C(N)CC(N)=O)C(=O)O. The quantitative estimate of drug-likeness (QED) is 0.136. The molecular formula is C21H35N7O6S. The average molecular weight is 514 g/mol. The number of amides is 4. The molecule has 0 aliphatic heterocycles. The van der Waals surface area contributed by atoms with Gasteiger partial charge in [-0.1, -0.05) is 20.3 Å². The van der Waals surface area contributed by atoms with Gasteiger partial charge in [0.15, 0.2) is 0 Å². The number of aromatic amines is 1. The first kappa shape index (κ1) is 29.9. The fourth-order valence-electron chi connectivity index (χ4n) is 3.13. The number of nitrogens with zero attached hydrogens (tertiary/aromatic N) is 1. The number of rotatable bonds is 16. The van der Waals surface area contributed by atoms with Gasteiger partial charge in [-0.15, -0.1) is 0 Å². The van der Waals surface area contributed by atoms with Crippen molar-refractivity contribution in [3.8, 4) is 0 Å². The van der Waals surface area contributed by atoms with Crippen LogP contribution in [0.3, 0.4) is 0 Å². The Kier molecular flexibility index (Phi) is 12.8. The Balaban J connectivity index is 3.05. The number of aliphatic carboxylic acids is 1. The van der Waals surface area contributed by atoms with Crippen LogP contribution < -0.4 is 27.4 Å². The van der Waals surface area contributed by atoms with E-state index in [0.29, 0.717) is 17.9 Å². The Hall–Kier alpha value is -3.13. The highest BCUT2D eigenvalue weighted by Gasteiger charge is 2.32. The Morgan fingerprint density at radius 3 is 2.26 bits per heavy atom. The number of nitrogens with two attached hydrogens (primary N) is 2. The highest BCUT2D eigenvalue weighted by Crippen LogP contribution is 2.10. The molecule has 1 aromatic heterocycles. The lowest BCUT2D eigenvalue weighted by atomic mass is 9.98. The fraction of sp³-hybridized carbons (Fsp3) is 0.619. The maximum absolute atomic E-state index is 13.1. The second-order valence-corrected chi connectivity index (χ2v) is 9.16. The molecule has 0 radical (unpaired) electrons. The summed E-state index contributed by atoms with van der Waals surface area (Å²) < 4.78 is 0. The van der Waals surface area contributed by atoms with Crippen molar-refractivity contribution in [2.45, 2.75) is 63.7 Å². The molecule has 35 heavy (non-hydrogen) atoms. The van der Waals surface area contributed by atoms with Crippen LogP contribution in [0.15, 0.2) is 12.5 Å². The largest absolute Gasteiger partial charge is 0.480 e. The van der Waals surface area contributed by atoms with Crippen LogP contribution in [-0.2, 0) is 30.4 Å². The predicted octanol–water partition coefficient (Wildman–Crippen LogP) is -1.51. The molecule has 5 atom stereocenters. The van der Waals surface area contributed by atoms with Crippen molar-refractivity contribution in [2.24, 2.45) is 17.4 Å². The van der Waals surface area contributed by atoms with Gasteiger partial charge >= 0.3 is 5.97 Å². The van der Waals surface area contributed by atoms with E-state index in [9.17, 15) is 29.1 Å². The van der Waals surface area contributed by atoms with E-state index in [1.807, 2.05) is 13.2 Å². The number of carbonyl (C=O) groups is 5. The second kappa shape index (κ2) is 15.0. The minimum atomic E-state index is -1.26. The van der Waals surface area contributed by atoms with Gasteiger partial charge in [0.05, 0.1) is 18.8 Å². The molecule has 14 heteroatoms. The molecular weight excluding hydrogens is 478 g/mol. The summed E-state index contributed by atoms with van der Waals surface area (Å²) in [5.74, 6) is -3.85. The predicted molar refractivity (Wildman–Crippen MR) is 130 cm³/mol. The molecule has 9 N–H and O–H groups in total. The molecule has 5 unspecified atom stereocenters. The van der Waals surface area contributed by atoms with Crippen LogP contribution >= 0.6 is 11.8 Å². The van der Waals surface area contributed by atoms with Gasteiger partial charge in [0.2, 0.25) is 23.6 Å². The Morgan fingerprint density at radius 1 is 1.11 bits per heavy atom. The number of H-pyrrole nitrogens is 1. The van der Waals surface area contributed by atoms with Crippen molar-refractivity contribution >= 4 is 41.4 Å². The summed E-state index contributed by atoms with van der Waals surface area (Å²) in [7, 11) is 0. The van der Waals surface area contributed by atoms with E-state index in [0.717, 1.165) is 0 Å². The van der Waals surface area contributed by atoms with Crippen molar-refractivity contribution < 1.29 is 29.1 Å². The monoisotopic (exact) mass is 513 g/mol. The number of carboxylic acids is 1. The third-order valence-electron chi connectivity index (χ3n) is 5.39. The molecule has 0 aromatic carbocycles. The molecule has 0 spiro atoms. The van der Waals surface area contributed by atoms with Crippen LogP contribution in [0.2, 0.25) is 0 Å². The standard InChI is InChI=1S/C21H35N7O6S/c1-4-11(2)17(21(33)34)28-19(31)14(5-6-35-3)26-20(32)15(7-12-9-24-10-25-12)27-18(30)13(22)8-16(23)29/h9-11,13-15,17H,4-8,22H2,1-3H3,(H2,23,29)(H,24,25)(H,26,32)(H,27,30)(H,28,31)(H,33,34). The van der Waals surface area contributed by atoms with Crippen molar-refractivity contribution in [1.29, 1.82) is 0 Å². The number of nitrogens with one attached hydrogen (secondary N) is 4. The summed E-state index contributed by atoms with van der Waals surface area (Å²) in [5, 5.41) is 17.1. The van der Waals surface area contributed by atoms with Crippen molar-refractivity contribution in [3.63, 3.8) is 0 Å². The van der Waals surface area contributed by atoms with Gasteiger partial charge in [0.25, 0.3) is 0 Å². The number of carbonyl (C=O) groups excluding carboxylic acids is 4. The summed E-state index contributed by atoms with van der Waals surface area (Å²) in [6.07, 6.45) is 5.06. The summed E-state index contributed by atoms with van der Waals surface area (Å²) in [6, 6.07) is -4.57. The van der Waals surface area contributed by atoms with E-state index in [4.69, 9.17) is 11.5 Å². The van der Waals surface area contributed by atoms with Gasteiger partial charge in [0, 0.05) is 18.3 Å². The maximum atomic E-state index is 13.1. The van der Waals surface area contributed by atoms with Crippen LogP contribution in [0.5, 0.6) is 0 Å². The fourth-order valence-corrected chi connectivity index (χ4v) is 3.60. The van der Waals surface area contributed by atoms with Gasteiger partial charge in [-0.25, -0.2) is 9.78 Å². The van der Waals surface area contributed by atoms with E-state index >= 15 is 0 Å². The van der Waals surface area contributed by atoms with Gasteiger partial charge in [-0.3, -0.25) is 19.2 Å². The number of primary amides is 1. The number of carboxylic acid groups (broad SMARTS) is 1. The Bertz CT molecular complexity index is 866. The number of aromatic nitrogens is 2. The Labute approximate surface area is 207 Å². The van der Waals surface area contributed by atoms with Crippen LogP contribution in [0, 0.1) is 5.92 Å². The topological polar surface area (TPSA) is 222 Å². The minimum absolute atomic E-state index is 0.00233. The molecule has 0 saturated carbocycles. The molecule has 1 heterocycles. The van der Waals surface area contributed by atoms with E-state index in [1.165, 1.54) is 24.3 Å². The molecule has 4 amide bonds. The molecule has 0 fully saturated rings. The summed E-state index contributed by atoms with van der Waals surface area (Å²) in [4.78, 5) is 68.0. The number of hydrogen-bond acceptors (Lipinski definition) is 8. The summed E-state index contributed by atoms with van der Waals surface area (Å²) in [5.41, 5.74) is 11.3. The highest BCUT2D eigenvalue weighted by atomic mass is 32.2. The van der Waals surface area contributed by atoms with E-state index in [-0.39, 0.29) is 18.8 Å². The number of imidazole rings is 1. The third kappa shape index (κ3) is 10.3. The van der Waals surface area contributed by atoms with Crippen LogP contribution in [0.25, 0.3) is 0 Å². The normalized spacial score (nSPS) is 15.2. The molecule has 0 saturated heterocycles. The van der Waals surface area contributed by atoms with E-state index in [1.54, 1.807) is 6.92 Å². The second-order valence-electron chi connectivity index (χ2n) is 8.17. The lowest BCUT2D eigenvalue weighted by molar-refractivity contribution is -0.143. The van der Waals surface area contributed by atoms with Crippen LogP contribution in [0.1, 0.15) is 38.8 Å². The molecule has 0 aliphatic carbocycles. The number of thioether (sulfide) groups is 1. The first-order chi connectivity index (χ1) is 16.5. The third-order valence-corrected chi connectivity index (χ3v) is 6.03. The van der Waals surface area contributed by atoms with E-state index < -0.39 is 60.2 Å². The summed E-state index contributed by atoms with van der Waals surface area (Å²) in [6.45, 7) is 3.52. The van der Waals surface area contributed by atoms with Gasteiger partial charge in [0.1, 0.15) is 18.1 Å². The van der Waals surface area contributed by atoms with Crippen LogP contribution in [0.4, 0.5) is 0 Å². The zero-order valence-corrected chi connectivity index (χ0v) is 20.9. The zero-order valence-electron chi connectivity index (χ0n) is 20.1. The van der Waals surface area contributed by atoms with Gasteiger partial charge in [-0.2, -0.15) is 11.8 Å². The first-order valence-corrected chi connectivity index (χ1v) is 12.5. The minimum Gasteiger partial charge on any atom is -0.480 e. The molecule has 13 nitrogen and oxygen atoms in total. The lowest BCUT2D eigenvalue weighted by Crippen LogP contribution is -2.58. The molecule has 1 aromatic rings. The zero-order chi connectivity index (χ0) is 26.5. The van der Waals surface area contributed by atoms with Gasteiger partial charge in [-0.05, 0) is 24.3 Å². The first-order valence-electron chi connectivity index (χ1n) is 11.1. The van der Waals surface area contributed by atoms with Crippen LogP contribution in [-0.4, -0.2) is 80.8 Å². The summed E-state index contributed by atoms with van der Waals surface area (Å²) >= 11 is 1.45. The molecule has 0 bridgehead atoms. The molecule has 1 rings (SSSR count). The van der Waals surface area contributed by atoms with Crippen molar-refractivity contribution in [2.75, 3.05) is 12.0 Å². The maximum Gasteiger partial charge on any atom is 0.326 e. The average Bonchev–Trinajstić information content (AvgIpc) is 3.31. The Morgan fingerprint density at radius 2 is 1.74 bits per heavy atom. The molecule has 196 valence electrons.